The van der Waals surface area contributed by atoms with Crippen LogP contribution < -0.4 is 5.56 Å². The van der Waals surface area contributed by atoms with Gasteiger partial charge in [0.2, 0.25) is 10.0 Å². The first kappa shape index (κ1) is 20.7. The van der Waals surface area contributed by atoms with Gasteiger partial charge in [-0.15, -0.1) is 0 Å². The second-order valence-corrected chi connectivity index (χ2v) is 9.73. The summed E-state index contributed by atoms with van der Waals surface area (Å²) in [6, 6.07) is 10.5. The summed E-state index contributed by atoms with van der Waals surface area (Å²) < 4.78 is 34.2. The second kappa shape index (κ2) is 8.29. The van der Waals surface area contributed by atoms with Crippen molar-refractivity contribution in [2.24, 2.45) is 0 Å². The smallest absolute Gasteiger partial charge is 0.338 e. The molecule has 0 spiro atoms. The van der Waals surface area contributed by atoms with E-state index in [0.29, 0.717) is 24.4 Å². The average Bonchev–Trinajstić information content (AvgIpc) is 3.28. The summed E-state index contributed by atoms with van der Waals surface area (Å²) in [5.41, 5.74) is 0.551. The fourth-order valence-electron chi connectivity index (χ4n) is 3.28. The number of carbonyl (C=O) groups excluding carboxylic acids is 1. The van der Waals surface area contributed by atoms with Gasteiger partial charge in [0.15, 0.2) is 0 Å². The van der Waals surface area contributed by atoms with Crippen molar-refractivity contribution in [1.29, 1.82) is 0 Å². The van der Waals surface area contributed by atoms with Crippen LogP contribution in [-0.2, 0) is 21.4 Å². The maximum atomic E-state index is 12.7. The summed E-state index contributed by atoms with van der Waals surface area (Å²) >= 11 is 3.30. The molecule has 1 aliphatic heterocycles. The number of aromatic nitrogens is 2. The van der Waals surface area contributed by atoms with Gasteiger partial charge in [0, 0.05) is 29.8 Å². The van der Waals surface area contributed by atoms with Crippen molar-refractivity contribution in [3.05, 3.63) is 74.7 Å². The third kappa shape index (κ3) is 4.16. The average molecular weight is 492 g/mol. The van der Waals surface area contributed by atoms with Gasteiger partial charge in [-0.2, -0.15) is 4.31 Å². The molecule has 0 saturated carbocycles. The molecule has 0 aliphatic carbocycles. The van der Waals surface area contributed by atoms with E-state index in [0.717, 1.165) is 17.3 Å². The van der Waals surface area contributed by atoms with Gasteiger partial charge in [-0.05, 0) is 59.1 Å². The largest absolute Gasteiger partial charge is 0.456 e. The van der Waals surface area contributed by atoms with E-state index >= 15 is 0 Å². The summed E-state index contributed by atoms with van der Waals surface area (Å²) in [4.78, 5) is 29.1. The third-order valence-electron chi connectivity index (χ3n) is 4.80. The van der Waals surface area contributed by atoms with E-state index < -0.39 is 16.0 Å². The fourth-order valence-corrected chi connectivity index (χ4v) is 5.18. The highest BCUT2D eigenvalue weighted by Crippen LogP contribution is 2.22. The summed E-state index contributed by atoms with van der Waals surface area (Å²) in [6.45, 7) is 0.761. The molecule has 0 bridgehead atoms. The number of halogens is 1. The number of sulfonamides is 1. The second-order valence-electron chi connectivity index (χ2n) is 6.88. The lowest BCUT2D eigenvalue weighted by molar-refractivity contribution is 0.0467. The number of hydrogen-bond acceptors (Lipinski definition) is 6. The standard InChI is InChI=1S/C20H18BrN3O5S/c21-15-6-7-18-22-16(11-19(25)24(18)12-15)13-29-20(26)14-4-3-5-17(10-14)30(27,28)23-8-1-2-9-23/h3-7,10-12H,1-2,8-9,13H2. The molecule has 4 rings (SSSR count). The highest BCUT2D eigenvalue weighted by Gasteiger charge is 2.27. The van der Waals surface area contributed by atoms with Gasteiger partial charge in [0.05, 0.1) is 16.2 Å². The number of nitrogens with zero attached hydrogens (tertiary/aromatic N) is 3. The molecule has 0 amide bonds. The minimum atomic E-state index is -3.63. The van der Waals surface area contributed by atoms with Crippen molar-refractivity contribution >= 4 is 37.6 Å². The van der Waals surface area contributed by atoms with Crippen LogP contribution in [0.15, 0.2) is 62.8 Å². The lowest BCUT2D eigenvalue weighted by Gasteiger charge is -2.15. The summed E-state index contributed by atoms with van der Waals surface area (Å²) in [5.74, 6) is -0.689. The minimum absolute atomic E-state index is 0.0616. The molecule has 0 N–H and O–H groups in total. The van der Waals surface area contributed by atoms with E-state index in [9.17, 15) is 18.0 Å². The van der Waals surface area contributed by atoms with Gasteiger partial charge in [-0.1, -0.05) is 6.07 Å². The Morgan fingerprint density at radius 1 is 1.13 bits per heavy atom. The molecule has 30 heavy (non-hydrogen) atoms. The van der Waals surface area contributed by atoms with Crippen LogP contribution in [0.3, 0.4) is 0 Å². The van der Waals surface area contributed by atoms with Gasteiger partial charge in [-0.25, -0.2) is 18.2 Å². The Morgan fingerprint density at radius 3 is 2.67 bits per heavy atom. The first-order valence-electron chi connectivity index (χ1n) is 9.30. The number of carbonyl (C=O) groups is 1. The number of fused-ring (bicyclic) bond motifs is 1. The number of rotatable bonds is 5. The molecule has 3 aromatic rings. The summed E-state index contributed by atoms with van der Waals surface area (Å²) in [7, 11) is -3.63. The maximum Gasteiger partial charge on any atom is 0.338 e. The molecule has 0 radical (unpaired) electrons. The summed E-state index contributed by atoms with van der Waals surface area (Å²) in [5, 5.41) is 0. The van der Waals surface area contributed by atoms with E-state index in [1.807, 2.05) is 0 Å². The number of benzene rings is 1. The molecule has 1 saturated heterocycles. The Morgan fingerprint density at radius 2 is 1.90 bits per heavy atom. The van der Waals surface area contributed by atoms with Gasteiger partial charge in [0.25, 0.3) is 5.56 Å². The number of pyridine rings is 1. The Balaban J connectivity index is 1.51. The Bertz CT molecular complexity index is 1280. The number of ether oxygens (including phenoxy) is 1. The van der Waals surface area contributed by atoms with Gasteiger partial charge in [-0.3, -0.25) is 9.20 Å². The van der Waals surface area contributed by atoms with Crippen LogP contribution in [-0.4, -0.2) is 41.2 Å². The van der Waals surface area contributed by atoms with Crippen LogP contribution in [0, 0.1) is 0 Å². The predicted molar refractivity (Wildman–Crippen MR) is 113 cm³/mol. The molecular weight excluding hydrogens is 474 g/mol. The van der Waals surface area contributed by atoms with Crippen molar-refractivity contribution < 1.29 is 17.9 Å². The first-order chi connectivity index (χ1) is 14.3. The zero-order valence-corrected chi connectivity index (χ0v) is 18.2. The Labute approximate surface area is 181 Å². The maximum absolute atomic E-state index is 12.7. The SMILES string of the molecule is O=C(OCc1cc(=O)n2cc(Br)ccc2n1)c1cccc(S(=O)(=O)N2CCCC2)c1. The van der Waals surface area contributed by atoms with Crippen LogP contribution in [0.25, 0.3) is 5.65 Å². The lowest BCUT2D eigenvalue weighted by atomic mass is 10.2. The van der Waals surface area contributed by atoms with Gasteiger partial charge < -0.3 is 4.74 Å². The van der Waals surface area contributed by atoms with Gasteiger partial charge >= 0.3 is 5.97 Å². The van der Waals surface area contributed by atoms with E-state index in [2.05, 4.69) is 20.9 Å². The zero-order chi connectivity index (χ0) is 21.3. The normalized spacial score (nSPS) is 14.8. The molecule has 0 unspecified atom stereocenters. The number of esters is 1. The third-order valence-corrected chi connectivity index (χ3v) is 7.16. The first-order valence-corrected chi connectivity index (χ1v) is 11.5. The highest BCUT2D eigenvalue weighted by atomic mass is 79.9. The van der Waals surface area contributed by atoms with Crippen LogP contribution >= 0.6 is 15.9 Å². The summed E-state index contributed by atoms with van der Waals surface area (Å²) in [6.07, 6.45) is 3.26. The molecule has 0 atom stereocenters. The van der Waals surface area contributed by atoms with Crippen LogP contribution in [0.1, 0.15) is 28.9 Å². The minimum Gasteiger partial charge on any atom is -0.456 e. The van der Waals surface area contributed by atoms with Crippen molar-refractivity contribution in [2.45, 2.75) is 24.3 Å². The van der Waals surface area contributed by atoms with E-state index in [-0.39, 0.29) is 22.6 Å². The van der Waals surface area contributed by atoms with Crippen molar-refractivity contribution in [1.82, 2.24) is 13.7 Å². The van der Waals surface area contributed by atoms with E-state index in [4.69, 9.17) is 4.74 Å². The molecule has 1 aromatic carbocycles. The Hall–Kier alpha value is -2.56. The molecule has 2 aromatic heterocycles. The molecule has 3 heterocycles. The molecule has 1 aliphatic rings. The van der Waals surface area contributed by atoms with Crippen LogP contribution in [0.2, 0.25) is 0 Å². The van der Waals surface area contributed by atoms with E-state index in [1.54, 1.807) is 18.3 Å². The fraction of sp³-hybridized carbons (Fsp3) is 0.250. The zero-order valence-electron chi connectivity index (χ0n) is 15.8. The predicted octanol–water partition coefficient (Wildman–Crippen LogP) is 2.60. The Kier molecular flexibility index (Phi) is 5.72. The molecule has 1 fully saturated rings. The molecule has 156 valence electrons. The van der Waals surface area contributed by atoms with Crippen molar-refractivity contribution in [2.75, 3.05) is 13.1 Å². The topological polar surface area (TPSA) is 98.0 Å². The van der Waals surface area contributed by atoms with Crippen LogP contribution in [0.5, 0.6) is 0 Å². The molecule has 8 nitrogen and oxygen atoms in total. The van der Waals surface area contributed by atoms with Crippen molar-refractivity contribution in [3.8, 4) is 0 Å². The highest BCUT2D eigenvalue weighted by molar-refractivity contribution is 9.10. The van der Waals surface area contributed by atoms with Gasteiger partial charge in [0.1, 0.15) is 12.3 Å². The quantitative estimate of drug-likeness (QED) is 0.508. The molecule has 10 heteroatoms. The van der Waals surface area contributed by atoms with Crippen molar-refractivity contribution in [3.63, 3.8) is 0 Å². The molecular formula is C20H18BrN3O5S. The van der Waals surface area contributed by atoms with E-state index in [1.165, 1.54) is 39.0 Å². The monoisotopic (exact) mass is 491 g/mol. The lowest BCUT2D eigenvalue weighted by Crippen LogP contribution is -2.28. The van der Waals surface area contributed by atoms with Crippen LogP contribution in [0.4, 0.5) is 0 Å². The number of hydrogen-bond donors (Lipinski definition) is 0.